The molecule has 1 fully saturated rings. The van der Waals surface area contributed by atoms with Gasteiger partial charge in [-0.15, -0.1) is 0 Å². The van der Waals surface area contributed by atoms with Crippen molar-refractivity contribution in [2.24, 2.45) is 5.92 Å². The molecule has 0 N–H and O–H groups in total. The van der Waals surface area contributed by atoms with Gasteiger partial charge in [-0.1, -0.05) is 50.5 Å². The van der Waals surface area contributed by atoms with Crippen LogP contribution in [0.15, 0.2) is 54.6 Å². The van der Waals surface area contributed by atoms with Gasteiger partial charge in [-0.05, 0) is 91.5 Å². The van der Waals surface area contributed by atoms with E-state index in [9.17, 15) is 13.2 Å². The number of hydrogen-bond donors (Lipinski definition) is 0. The summed E-state index contributed by atoms with van der Waals surface area (Å²) < 4.78 is 64.3. The monoisotopic (exact) mass is 500 g/mol. The summed E-state index contributed by atoms with van der Waals surface area (Å²) in [5.41, 5.74) is 2.58. The molecule has 0 saturated heterocycles. The molecule has 0 radical (unpaired) electrons. The summed E-state index contributed by atoms with van der Waals surface area (Å²) >= 11 is 0. The van der Waals surface area contributed by atoms with Crippen molar-refractivity contribution in [2.45, 2.75) is 71.3 Å². The van der Waals surface area contributed by atoms with Crippen molar-refractivity contribution in [1.29, 1.82) is 0 Å². The van der Waals surface area contributed by atoms with Gasteiger partial charge < -0.3 is 9.47 Å². The third kappa shape index (κ3) is 6.21. The van der Waals surface area contributed by atoms with Gasteiger partial charge in [0.2, 0.25) is 5.82 Å². The Morgan fingerprint density at radius 3 is 2.11 bits per heavy atom. The molecule has 36 heavy (non-hydrogen) atoms. The van der Waals surface area contributed by atoms with Gasteiger partial charge >= 0.3 is 6.61 Å². The van der Waals surface area contributed by atoms with Crippen molar-refractivity contribution < 1.29 is 27.0 Å². The number of rotatable bonds is 9. The Hall–Kier alpha value is -3.02. The minimum Gasteiger partial charge on any atom is -0.454 e. The van der Waals surface area contributed by atoms with E-state index in [1.165, 1.54) is 81.7 Å². The summed E-state index contributed by atoms with van der Waals surface area (Å²) in [5.74, 6) is -0.839. The molecule has 1 saturated carbocycles. The van der Waals surface area contributed by atoms with Gasteiger partial charge in [0.1, 0.15) is 11.5 Å². The first kappa shape index (κ1) is 26.1. The summed E-state index contributed by atoms with van der Waals surface area (Å²) in [4.78, 5) is 0. The van der Waals surface area contributed by atoms with E-state index in [-0.39, 0.29) is 22.8 Å². The Morgan fingerprint density at radius 1 is 0.861 bits per heavy atom. The Kier molecular flexibility index (Phi) is 8.55. The van der Waals surface area contributed by atoms with Crippen LogP contribution in [0.2, 0.25) is 0 Å². The highest BCUT2D eigenvalue weighted by Crippen LogP contribution is 2.41. The lowest BCUT2D eigenvalue weighted by Crippen LogP contribution is -2.13. The Labute approximate surface area is 210 Å². The Morgan fingerprint density at radius 2 is 1.50 bits per heavy atom. The molecule has 1 aliphatic rings. The first-order valence-corrected chi connectivity index (χ1v) is 12.7. The standard InChI is InChI=1S/C30H32F4O2/c1-3-4-5-20-6-8-21(9-7-20)22-10-12-23(13-11-22)26-18-19(2)27(31)28(32)29(26)35-24-14-16-25(17-15-24)36-30(33)34/h10-18,20-21,30H,3-9H2,1-2H3. The summed E-state index contributed by atoms with van der Waals surface area (Å²) in [6.07, 6.45) is 8.74. The SMILES string of the molecule is CCCCC1CCC(c2ccc(-c3cc(C)c(F)c(F)c3Oc3ccc(OC(F)F)cc3)cc2)CC1. The molecule has 0 heterocycles. The van der Waals surface area contributed by atoms with E-state index < -0.39 is 18.2 Å². The molecule has 0 amide bonds. The molecule has 3 aromatic carbocycles. The average Bonchev–Trinajstić information content (AvgIpc) is 2.89. The molecule has 192 valence electrons. The maximum absolute atomic E-state index is 15.0. The normalized spacial score (nSPS) is 17.9. The van der Waals surface area contributed by atoms with Gasteiger partial charge in [-0.3, -0.25) is 0 Å². The highest BCUT2D eigenvalue weighted by molar-refractivity contribution is 5.72. The molecular weight excluding hydrogens is 468 g/mol. The molecule has 0 unspecified atom stereocenters. The second-order valence-corrected chi connectivity index (χ2v) is 9.63. The predicted octanol–water partition coefficient (Wildman–Crippen LogP) is 9.80. The lowest BCUT2D eigenvalue weighted by atomic mass is 9.77. The summed E-state index contributed by atoms with van der Waals surface area (Å²) in [5, 5.41) is 0. The van der Waals surface area contributed by atoms with Gasteiger partial charge in [0.15, 0.2) is 11.6 Å². The quantitative estimate of drug-likeness (QED) is 0.272. The predicted molar refractivity (Wildman–Crippen MR) is 134 cm³/mol. The third-order valence-corrected chi connectivity index (χ3v) is 7.12. The van der Waals surface area contributed by atoms with E-state index in [1.54, 1.807) is 6.07 Å². The number of ether oxygens (including phenoxy) is 2. The van der Waals surface area contributed by atoms with Crippen molar-refractivity contribution in [3.8, 4) is 28.4 Å². The van der Waals surface area contributed by atoms with Crippen LogP contribution in [0.25, 0.3) is 11.1 Å². The fourth-order valence-electron chi connectivity index (χ4n) is 5.07. The Balaban J connectivity index is 1.54. The highest BCUT2D eigenvalue weighted by Gasteiger charge is 2.23. The molecule has 4 rings (SSSR count). The lowest BCUT2D eigenvalue weighted by molar-refractivity contribution is -0.0498. The van der Waals surface area contributed by atoms with Crippen LogP contribution in [0.4, 0.5) is 17.6 Å². The molecule has 3 aromatic rings. The lowest BCUT2D eigenvalue weighted by Gasteiger charge is -2.29. The number of aryl methyl sites for hydroxylation is 1. The van der Waals surface area contributed by atoms with Crippen LogP contribution >= 0.6 is 0 Å². The van der Waals surface area contributed by atoms with Crippen LogP contribution in [0, 0.1) is 24.5 Å². The molecule has 0 aliphatic heterocycles. The number of hydrogen-bond acceptors (Lipinski definition) is 2. The molecule has 6 heteroatoms. The molecule has 0 bridgehead atoms. The van der Waals surface area contributed by atoms with E-state index in [2.05, 4.69) is 23.8 Å². The fourth-order valence-corrected chi connectivity index (χ4v) is 5.07. The zero-order valence-corrected chi connectivity index (χ0v) is 20.7. The topological polar surface area (TPSA) is 18.5 Å². The third-order valence-electron chi connectivity index (χ3n) is 7.12. The van der Waals surface area contributed by atoms with Crippen molar-refractivity contribution in [1.82, 2.24) is 0 Å². The van der Waals surface area contributed by atoms with Crippen molar-refractivity contribution in [3.63, 3.8) is 0 Å². The number of unbranched alkanes of at least 4 members (excludes halogenated alkanes) is 1. The van der Waals surface area contributed by atoms with Crippen molar-refractivity contribution >= 4 is 0 Å². The molecule has 0 atom stereocenters. The highest BCUT2D eigenvalue weighted by atomic mass is 19.3. The number of alkyl halides is 2. The minimum absolute atomic E-state index is 0.0527. The van der Waals surface area contributed by atoms with Gasteiger partial charge in [-0.2, -0.15) is 13.2 Å². The van der Waals surface area contributed by atoms with Gasteiger partial charge in [0.05, 0.1) is 0 Å². The van der Waals surface area contributed by atoms with Crippen LogP contribution < -0.4 is 9.47 Å². The second kappa shape index (κ2) is 11.8. The first-order valence-electron chi connectivity index (χ1n) is 12.7. The van der Waals surface area contributed by atoms with Gasteiger partial charge in [0.25, 0.3) is 0 Å². The van der Waals surface area contributed by atoms with Crippen LogP contribution in [-0.2, 0) is 0 Å². The first-order chi connectivity index (χ1) is 17.4. The maximum atomic E-state index is 15.0. The maximum Gasteiger partial charge on any atom is 0.387 e. The summed E-state index contributed by atoms with van der Waals surface area (Å²) in [7, 11) is 0. The minimum atomic E-state index is -2.95. The second-order valence-electron chi connectivity index (χ2n) is 9.63. The van der Waals surface area contributed by atoms with E-state index in [4.69, 9.17) is 4.74 Å². The smallest absolute Gasteiger partial charge is 0.387 e. The Bertz CT molecular complexity index is 1140. The molecular formula is C30H32F4O2. The fraction of sp³-hybridized carbons (Fsp3) is 0.400. The zero-order chi connectivity index (χ0) is 25.7. The molecule has 2 nitrogen and oxygen atoms in total. The van der Waals surface area contributed by atoms with E-state index in [1.807, 2.05) is 12.1 Å². The van der Waals surface area contributed by atoms with E-state index in [0.29, 0.717) is 17.0 Å². The van der Waals surface area contributed by atoms with Crippen molar-refractivity contribution in [2.75, 3.05) is 0 Å². The van der Waals surface area contributed by atoms with Crippen LogP contribution in [0.1, 0.15) is 68.9 Å². The zero-order valence-electron chi connectivity index (χ0n) is 20.7. The van der Waals surface area contributed by atoms with Gasteiger partial charge in [0, 0.05) is 5.56 Å². The van der Waals surface area contributed by atoms with Crippen molar-refractivity contribution in [3.05, 3.63) is 77.4 Å². The number of benzene rings is 3. The average molecular weight is 501 g/mol. The number of halogens is 4. The van der Waals surface area contributed by atoms with E-state index in [0.717, 1.165) is 5.92 Å². The van der Waals surface area contributed by atoms with Crippen LogP contribution in [-0.4, -0.2) is 6.61 Å². The largest absolute Gasteiger partial charge is 0.454 e. The van der Waals surface area contributed by atoms with E-state index >= 15 is 4.39 Å². The summed E-state index contributed by atoms with van der Waals surface area (Å²) in [6, 6.07) is 14.9. The van der Waals surface area contributed by atoms with Gasteiger partial charge in [-0.25, -0.2) is 4.39 Å². The van der Waals surface area contributed by atoms with Crippen LogP contribution in [0.3, 0.4) is 0 Å². The van der Waals surface area contributed by atoms with Crippen LogP contribution in [0.5, 0.6) is 17.2 Å². The molecule has 1 aliphatic carbocycles. The summed E-state index contributed by atoms with van der Waals surface area (Å²) in [6.45, 7) is 0.791. The molecule has 0 spiro atoms. The molecule has 0 aromatic heterocycles.